The van der Waals surface area contributed by atoms with Gasteiger partial charge in [-0.2, -0.15) is 0 Å². The van der Waals surface area contributed by atoms with Gasteiger partial charge in [0.25, 0.3) is 23.6 Å². The number of rotatable bonds is 16. The lowest BCUT2D eigenvalue weighted by molar-refractivity contribution is -0.140. The lowest BCUT2D eigenvalue weighted by Crippen LogP contribution is -2.50. The van der Waals surface area contributed by atoms with Crippen molar-refractivity contribution in [2.45, 2.75) is 58.5 Å². The number of imide groups is 2. The maximum absolute atomic E-state index is 13.0. The van der Waals surface area contributed by atoms with Gasteiger partial charge in [0.15, 0.2) is 0 Å². The van der Waals surface area contributed by atoms with Crippen molar-refractivity contribution in [3.05, 3.63) is 54.1 Å². The van der Waals surface area contributed by atoms with E-state index in [4.69, 9.17) is 0 Å². The maximum atomic E-state index is 13.0. The summed E-state index contributed by atoms with van der Waals surface area (Å²) in [6.07, 6.45) is 5.82. The number of nitrogens with zero attached hydrogens (tertiary/aromatic N) is 3. The predicted molar refractivity (Wildman–Crippen MR) is 162 cm³/mol. The maximum Gasteiger partial charge on any atom is 0.253 e. The van der Waals surface area contributed by atoms with Gasteiger partial charge in [-0.25, -0.2) is 0 Å². The second-order valence-electron chi connectivity index (χ2n) is 10.7. The van der Waals surface area contributed by atoms with Crippen molar-refractivity contribution in [3.8, 4) is 0 Å². The average molecular weight is 623 g/mol. The fourth-order valence-corrected chi connectivity index (χ4v) is 4.56. The van der Waals surface area contributed by atoms with Crippen molar-refractivity contribution in [3.63, 3.8) is 0 Å². The molecule has 3 rings (SSSR count). The van der Waals surface area contributed by atoms with Crippen LogP contribution in [0.5, 0.6) is 0 Å². The Balaban J connectivity index is 1.47. The van der Waals surface area contributed by atoms with E-state index in [-0.39, 0.29) is 39.0 Å². The number of carbonyl (C=O) groups excluding carboxylic acids is 8. The summed E-state index contributed by atoms with van der Waals surface area (Å²) in [5.74, 6) is -4.26. The molecular formula is C31H38N6O8. The molecule has 2 atom stereocenters. The molecule has 45 heavy (non-hydrogen) atoms. The zero-order chi connectivity index (χ0) is 33.1. The van der Waals surface area contributed by atoms with E-state index >= 15 is 0 Å². The van der Waals surface area contributed by atoms with Gasteiger partial charge in [0, 0.05) is 69.0 Å². The number of hydrogen-bond donors (Lipinski definition) is 3. The molecular weight excluding hydrogens is 584 g/mol. The Kier molecular flexibility index (Phi) is 12.3. The Bertz CT molecular complexity index is 1320. The SMILES string of the molecule is CCCc1ccc(NC(=O)[C@H](C)NC(=O)[C@H](C)NC(=O)CCC(=O)N(CCN2C(=O)C=CC2=O)CCN2C(=O)C=CC2=O)cc1. The highest BCUT2D eigenvalue weighted by Crippen LogP contribution is 2.12. The Morgan fingerprint density at radius 3 is 1.69 bits per heavy atom. The van der Waals surface area contributed by atoms with Crippen LogP contribution in [0.25, 0.3) is 0 Å². The molecule has 0 aromatic heterocycles. The number of aryl methyl sites for hydroxylation is 1. The first-order valence-electron chi connectivity index (χ1n) is 14.7. The summed E-state index contributed by atoms with van der Waals surface area (Å²) in [7, 11) is 0. The van der Waals surface area contributed by atoms with E-state index in [9.17, 15) is 38.4 Å². The van der Waals surface area contributed by atoms with Crippen LogP contribution in [0.3, 0.4) is 0 Å². The van der Waals surface area contributed by atoms with Gasteiger partial charge in [0.1, 0.15) is 12.1 Å². The fourth-order valence-electron chi connectivity index (χ4n) is 4.56. The lowest BCUT2D eigenvalue weighted by Gasteiger charge is -2.27. The molecule has 0 saturated heterocycles. The van der Waals surface area contributed by atoms with Crippen LogP contribution in [-0.2, 0) is 44.8 Å². The highest BCUT2D eigenvalue weighted by atomic mass is 16.2. The third-order valence-corrected chi connectivity index (χ3v) is 7.19. The molecule has 0 saturated carbocycles. The smallest absolute Gasteiger partial charge is 0.253 e. The average Bonchev–Trinajstić information content (AvgIpc) is 3.50. The summed E-state index contributed by atoms with van der Waals surface area (Å²) in [6, 6.07) is 5.51. The van der Waals surface area contributed by atoms with E-state index in [0.29, 0.717) is 5.69 Å². The molecule has 240 valence electrons. The number of anilines is 1. The Hall–Kier alpha value is -5.14. The number of benzene rings is 1. The molecule has 14 heteroatoms. The van der Waals surface area contributed by atoms with Crippen molar-refractivity contribution < 1.29 is 38.4 Å². The van der Waals surface area contributed by atoms with Crippen LogP contribution >= 0.6 is 0 Å². The van der Waals surface area contributed by atoms with Gasteiger partial charge in [-0.05, 0) is 38.0 Å². The van der Waals surface area contributed by atoms with Gasteiger partial charge in [-0.15, -0.1) is 0 Å². The number of nitrogens with one attached hydrogen (secondary N) is 3. The quantitative estimate of drug-likeness (QED) is 0.216. The largest absolute Gasteiger partial charge is 0.345 e. The van der Waals surface area contributed by atoms with Gasteiger partial charge >= 0.3 is 0 Å². The van der Waals surface area contributed by atoms with Gasteiger partial charge < -0.3 is 20.9 Å². The van der Waals surface area contributed by atoms with Gasteiger partial charge in [0.05, 0.1) is 0 Å². The highest BCUT2D eigenvalue weighted by molar-refractivity contribution is 6.13. The minimum atomic E-state index is -1.01. The van der Waals surface area contributed by atoms with E-state index in [1.165, 1.54) is 18.7 Å². The topological polar surface area (TPSA) is 182 Å². The Morgan fingerprint density at radius 2 is 1.20 bits per heavy atom. The van der Waals surface area contributed by atoms with Gasteiger partial charge in [0.2, 0.25) is 23.6 Å². The number of carbonyl (C=O) groups is 8. The van der Waals surface area contributed by atoms with Crippen LogP contribution in [0.15, 0.2) is 48.6 Å². The van der Waals surface area contributed by atoms with E-state index in [1.807, 2.05) is 12.1 Å². The van der Waals surface area contributed by atoms with Crippen molar-refractivity contribution >= 4 is 52.9 Å². The zero-order valence-electron chi connectivity index (χ0n) is 25.5. The molecule has 14 nitrogen and oxygen atoms in total. The van der Waals surface area contributed by atoms with Crippen molar-refractivity contribution in [1.82, 2.24) is 25.3 Å². The second-order valence-corrected chi connectivity index (χ2v) is 10.7. The molecule has 1 aromatic carbocycles. The predicted octanol–water partition coefficient (Wildman–Crippen LogP) is 0.0458. The first-order chi connectivity index (χ1) is 21.4. The van der Waals surface area contributed by atoms with Gasteiger partial charge in [-0.1, -0.05) is 25.5 Å². The number of hydrogen-bond acceptors (Lipinski definition) is 8. The first-order valence-corrected chi connectivity index (χ1v) is 14.7. The Labute approximate surface area is 260 Å². The third-order valence-electron chi connectivity index (χ3n) is 7.19. The monoisotopic (exact) mass is 622 g/mol. The fraction of sp³-hybridized carbons (Fsp3) is 0.419. The number of amides is 8. The third kappa shape index (κ3) is 9.95. The summed E-state index contributed by atoms with van der Waals surface area (Å²) in [5, 5.41) is 7.78. The summed E-state index contributed by atoms with van der Waals surface area (Å²) in [5.41, 5.74) is 1.74. The van der Waals surface area contributed by atoms with Crippen molar-refractivity contribution in [2.75, 3.05) is 31.5 Å². The van der Waals surface area contributed by atoms with Crippen LogP contribution in [0.1, 0.15) is 45.6 Å². The molecule has 0 radical (unpaired) electrons. The van der Waals surface area contributed by atoms with Gasteiger partial charge in [-0.3, -0.25) is 48.2 Å². The van der Waals surface area contributed by atoms with Crippen LogP contribution in [0.2, 0.25) is 0 Å². The van der Waals surface area contributed by atoms with Crippen LogP contribution in [-0.4, -0.2) is 100 Å². The summed E-state index contributed by atoms with van der Waals surface area (Å²) in [6.45, 7) is 4.64. The molecule has 2 aliphatic heterocycles. The lowest BCUT2D eigenvalue weighted by atomic mass is 10.1. The Morgan fingerprint density at radius 1 is 0.711 bits per heavy atom. The van der Waals surface area contributed by atoms with Crippen LogP contribution in [0, 0.1) is 0 Å². The summed E-state index contributed by atoms with van der Waals surface area (Å²) < 4.78 is 0. The van der Waals surface area contributed by atoms with E-state index in [2.05, 4.69) is 22.9 Å². The standard InChI is InChI=1S/C31H38N6O8/c1-4-5-22-6-8-23(9-7-22)34-31(45)21(3)33-30(44)20(2)32-24(38)10-11-25(39)35(16-18-36-26(40)12-13-27(36)41)17-19-37-28(42)14-15-29(37)43/h6-9,12-15,20-21H,4-5,10-11,16-19H2,1-3H3,(H,32,38)(H,33,44)(H,34,45)/t20-,21-/m0/s1. The molecule has 0 bridgehead atoms. The molecule has 8 amide bonds. The van der Waals surface area contributed by atoms with E-state index in [0.717, 1.165) is 52.5 Å². The summed E-state index contributed by atoms with van der Waals surface area (Å²) in [4.78, 5) is 102. The highest BCUT2D eigenvalue weighted by Gasteiger charge is 2.28. The molecule has 1 aromatic rings. The van der Waals surface area contributed by atoms with Crippen LogP contribution in [0.4, 0.5) is 5.69 Å². The minimum Gasteiger partial charge on any atom is -0.345 e. The van der Waals surface area contributed by atoms with E-state index in [1.54, 1.807) is 12.1 Å². The molecule has 0 fully saturated rings. The minimum absolute atomic E-state index is 0.0785. The van der Waals surface area contributed by atoms with Crippen molar-refractivity contribution in [1.29, 1.82) is 0 Å². The molecule has 0 spiro atoms. The zero-order valence-corrected chi connectivity index (χ0v) is 25.5. The van der Waals surface area contributed by atoms with E-state index < -0.39 is 59.3 Å². The molecule has 2 aliphatic rings. The van der Waals surface area contributed by atoms with Crippen LogP contribution < -0.4 is 16.0 Å². The molecule has 2 heterocycles. The van der Waals surface area contributed by atoms with Crippen molar-refractivity contribution in [2.24, 2.45) is 0 Å². The molecule has 0 aliphatic carbocycles. The summed E-state index contributed by atoms with van der Waals surface area (Å²) >= 11 is 0. The first kappa shape index (κ1) is 34.4. The molecule has 0 unspecified atom stereocenters. The normalized spacial score (nSPS) is 15.4. The molecule has 3 N–H and O–H groups in total. The second kappa shape index (κ2) is 16.1.